The van der Waals surface area contributed by atoms with Crippen LogP contribution in [0.3, 0.4) is 0 Å². The molecular weight excluding hydrogens is 286 g/mol. The molecule has 0 saturated heterocycles. The highest BCUT2D eigenvalue weighted by atomic mass is 16.5. The van der Waals surface area contributed by atoms with Crippen LogP contribution in [0.15, 0.2) is 48.5 Å². The number of nitrogens with two attached hydrogens (primary N) is 1. The first-order valence-corrected chi connectivity index (χ1v) is 7.70. The molecule has 0 aliphatic heterocycles. The monoisotopic (exact) mass is 307 g/mol. The number of fused-ring (bicyclic) bond motifs is 1. The van der Waals surface area contributed by atoms with E-state index >= 15 is 0 Å². The number of hydrogen-bond acceptors (Lipinski definition) is 4. The summed E-state index contributed by atoms with van der Waals surface area (Å²) in [6.07, 6.45) is 0.647. The number of ether oxygens (including phenoxy) is 1. The molecule has 1 heterocycles. The first kappa shape index (κ1) is 15.3. The molecule has 0 unspecified atom stereocenters. The molecule has 0 radical (unpaired) electrons. The van der Waals surface area contributed by atoms with E-state index in [-0.39, 0.29) is 0 Å². The van der Waals surface area contributed by atoms with E-state index in [4.69, 9.17) is 10.5 Å². The molecule has 4 heteroatoms. The lowest BCUT2D eigenvalue weighted by atomic mass is 9.99. The quantitative estimate of drug-likeness (QED) is 0.793. The Hall–Kier alpha value is -2.62. The van der Waals surface area contributed by atoms with Gasteiger partial charge in [-0.25, -0.2) is 9.97 Å². The molecule has 0 fully saturated rings. The number of benzene rings is 2. The zero-order valence-corrected chi connectivity index (χ0v) is 13.7. The van der Waals surface area contributed by atoms with Gasteiger partial charge in [0, 0.05) is 11.8 Å². The lowest BCUT2D eigenvalue weighted by Crippen LogP contribution is -2.31. The second-order valence-corrected chi connectivity index (χ2v) is 6.40. The third kappa shape index (κ3) is 3.59. The van der Waals surface area contributed by atoms with Crippen LogP contribution in [0.2, 0.25) is 0 Å². The molecule has 3 aromatic rings. The fourth-order valence-corrected chi connectivity index (χ4v) is 2.73. The highest BCUT2D eigenvalue weighted by Gasteiger charge is 2.23. The van der Waals surface area contributed by atoms with Crippen molar-refractivity contribution in [1.29, 1.82) is 0 Å². The summed E-state index contributed by atoms with van der Waals surface area (Å²) in [5.74, 6) is 1.16. The van der Waals surface area contributed by atoms with Crippen molar-refractivity contribution < 1.29 is 4.74 Å². The van der Waals surface area contributed by atoms with Crippen molar-refractivity contribution in [2.24, 2.45) is 0 Å². The summed E-state index contributed by atoms with van der Waals surface area (Å²) in [4.78, 5) is 8.72. The van der Waals surface area contributed by atoms with Crippen LogP contribution in [0.25, 0.3) is 10.9 Å². The van der Waals surface area contributed by atoms with Crippen LogP contribution in [-0.2, 0) is 6.42 Å². The molecule has 0 spiro atoms. The van der Waals surface area contributed by atoms with Gasteiger partial charge in [-0.05, 0) is 44.5 Å². The largest absolute Gasteiger partial charge is 0.487 e. The van der Waals surface area contributed by atoms with E-state index in [9.17, 15) is 0 Å². The van der Waals surface area contributed by atoms with E-state index in [1.807, 2.05) is 42.5 Å². The number of anilines is 1. The Morgan fingerprint density at radius 2 is 1.83 bits per heavy atom. The van der Waals surface area contributed by atoms with Crippen LogP contribution < -0.4 is 10.5 Å². The predicted molar refractivity (Wildman–Crippen MR) is 93.5 cm³/mol. The molecule has 1 aromatic heterocycles. The zero-order valence-electron chi connectivity index (χ0n) is 13.7. The smallest absolute Gasteiger partial charge is 0.220 e. The number of aryl methyl sites for hydroxylation is 1. The molecule has 0 amide bonds. The Balaban J connectivity index is 1.91. The van der Waals surface area contributed by atoms with Crippen molar-refractivity contribution in [1.82, 2.24) is 9.97 Å². The predicted octanol–water partition coefficient (Wildman–Crippen LogP) is 3.92. The molecule has 3 rings (SSSR count). The molecule has 2 N–H and O–H groups in total. The average Bonchev–Trinajstić information content (AvgIpc) is 2.46. The maximum absolute atomic E-state index is 6.17. The Labute approximate surface area is 136 Å². The lowest BCUT2D eigenvalue weighted by Gasteiger charge is -2.27. The van der Waals surface area contributed by atoms with Crippen molar-refractivity contribution in [3.05, 3.63) is 59.8 Å². The van der Waals surface area contributed by atoms with Crippen LogP contribution in [0.1, 0.15) is 25.1 Å². The summed E-state index contributed by atoms with van der Waals surface area (Å²) in [5.41, 5.74) is 8.39. The molecule has 2 aromatic carbocycles. The van der Waals surface area contributed by atoms with E-state index in [1.165, 1.54) is 5.56 Å². The third-order valence-electron chi connectivity index (χ3n) is 3.68. The van der Waals surface area contributed by atoms with Gasteiger partial charge in [-0.3, -0.25) is 0 Å². The Kier molecular flexibility index (Phi) is 3.90. The van der Waals surface area contributed by atoms with E-state index in [1.54, 1.807) is 0 Å². The molecule has 0 aliphatic carbocycles. The fraction of sp³-hybridized carbons (Fsp3) is 0.263. The fourth-order valence-electron chi connectivity index (χ4n) is 2.73. The van der Waals surface area contributed by atoms with Gasteiger partial charge in [-0.1, -0.05) is 30.3 Å². The van der Waals surface area contributed by atoms with E-state index in [0.29, 0.717) is 12.4 Å². The van der Waals surface area contributed by atoms with Crippen molar-refractivity contribution in [2.45, 2.75) is 32.8 Å². The molecule has 0 aliphatic rings. The number of nitrogen functional groups attached to an aromatic ring is 1. The highest BCUT2D eigenvalue weighted by Crippen LogP contribution is 2.25. The molecular formula is C19H21N3O. The average molecular weight is 307 g/mol. The zero-order chi connectivity index (χ0) is 16.4. The SMILES string of the molecule is Cc1cccc(OC(C)(C)Cc2nc(N)nc3ccccc23)c1. The van der Waals surface area contributed by atoms with Crippen LogP contribution in [0, 0.1) is 6.92 Å². The van der Waals surface area contributed by atoms with Crippen molar-refractivity contribution in [3.63, 3.8) is 0 Å². The van der Waals surface area contributed by atoms with Crippen molar-refractivity contribution in [2.75, 3.05) is 5.73 Å². The first-order valence-electron chi connectivity index (χ1n) is 7.70. The van der Waals surface area contributed by atoms with Crippen molar-refractivity contribution in [3.8, 4) is 5.75 Å². The maximum atomic E-state index is 6.17. The normalized spacial score (nSPS) is 11.6. The summed E-state index contributed by atoms with van der Waals surface area (Å²) in [6, 6.07) is 16.0. The second kappa shape index (κ2) is 5.88. The Bertz CT molecular complexity index is 843. The molecule has 23 heavy (non-hydrogen) atoms. The second-order valence-electron chi connectivity index (χ2n) is 6.40. The van der Waals surface area contributed by atoms with Crippen LogP contribution in [0.4, 0.5) is 5.95 Å². The lowest BCUT2D eigenvalue weighted by molar-refractivity contribution is 0.109. The third-order valence-corrected chi connectivity index (χ3v) is 3.68. The molecule has 0 atom stereocenters. The van der Waals surface area contributed by atoms with Crippen molar-refractivity contribution >= 4 is 16.9 Å². The molecule has 4 nitrogen and oxygen atoms in total. The minimum Gasteiger partial charge on any atom is -0.487 e. The topological polar surface area (TPSA) is 61.0 Å². The molecule has 118 valence electrons. The van der Waals surface area contributed by atoms with Crippen LogP contribution >= 0.6 is 0 Å². The molecule has 0 bridgehead atoms. The van der Waals surface area contributed by atoms with E-state index in [0.717, 1.165) is 22.3 Å². The number of para-hydroxylation sites is 1. The molecule has 0 saturated carbocycles. The van der Waals surface area contributed by atoms with Gasteiger partial charge in [0.05, 0.1) is 11.2 Å². The van der Waals surface area contributed by atoms with Gasteiger partial charge in [0.2, 0.25) is 5.95 Å². The summed E-state index contributed by atoms with van der Waals surface area (Å²) < 4.78 is 6.17. The van der Waals surface area contributed by atoms with Gasteiger partial charge >= 0.3 is 0 Å². The standard InChI is InChI=1S/C19H21N3O/c1-13-7-6-8-14(11-13)23-19(2,3)12-17-15-9-4-5-10-16(15)21-18(20)22-17/h4-11H,12H2,1-3H3,(H2,20,21,22). The Morgan fingerprint density at radius 1 is 1.04 bits per heavy atom. The van der Waals surface area contributed by atoms with Gasteiger partial charge in [-0.15, -0.1) is 0 Å². The first-order chi connectivity index (χ1) is 10.9. The number of rotatable bonds is 4. The Morgan fingerprint density at radius 3 is 2.61 bits per heavy atom. The van der Waals surface area contributed by atoms with Gasteiger partial charge < -0.3 is 10.5 Å². The van der Waals surface area contributed by atoms with E-state index in [2.05, 4.69) is 36.8 Å². The summed E-state index contributed by atoms with van der Waals surface area (Å²) in [5, 5.41) is 1.02. The van der Waals surface area contributed by atoms with E-state index < -0.39 is 5.60 Å². The highest BCUT2D eigenvalue weighted by molar-refractivity contribution is 5.81. The summed E-state index contributed by atoms with van der Waals surface area (Å²) >= 11 is 0. The summed E-state index contributed by atoms with van der Waals surface area (Å²) in [7, 11) is 0. The summed E-state index contributed by atoms with van der Waals surface area (Å²) in [6.45, 7) is 6.17. The number of aromatic nitrogens is 2. The van der Waals surface area contributed by atoms with Gasteiger partial charge in [0.1, 0.15) is 11.4 Å². The minimum atomic E-state index is -0.405. The van der Waals surface area contributed by atoms with Gasteiger partial charge in [0.15, 0.2) is 0 Å². The number of hydrogen-bond donors (Lipinski definition) is 1. The maximum Gasteiger partial charge on any atom is 0.220 e. The van der Waals surface area contributed by atoms with Crippen LogP contribution in [0.5, 0.6) is 5.75 Å². The van der Waals surface area contributed by atoms with Crippen LogP contribution in [-0.4, -0.2) is 15.6 Å². The van der Waals surface area contributed by atoms with Gasteiger partial charge in [-0.2, -0.15) is 0 Å². The number of nitrogens with zero attached hydrogens (tertiary/aromatic N) is 2. The minimum absolute atomic E-state index is 0.296. The van der Waals surface area contributed by atoms with Gasteiger partial charge in [0.25, 0.3) is 0 Å².